The van der Waals surface area contributed by atoms with E-state index in [1.54, 1.807) is 14.1 Å². The molecule has 0 saturated heterocycles. The Balaban J connectivity index is 0. The number of quaternary nitrogens is 1. The Morgan fingerprint density at radius 1 is 1.41 bits per heavy atom. The molecule has 0 heterocycles. The molecule has 0 atom stereocenters. The standard InChI is InChI=1S/C7H14NO2.C2H6O4S/c1-5-7(9)10-8(3,4)6-2;1-2-6-7(3,4)5/h5H,1,6H2,2-4H3;2H2,1H3,(H,3,4,5)/q+1;/p-1. The minimum atomic E-state index is -4.42. The predicted molar refractivity (Wildman–Crippen MR) is 60.3 cm³/mol. The van der Waals surface area contributed by atoms with Gasteiger partial charge in [0, 0.05) is 6.08 Å². The van der Waals surface area contributed by atoms with E-state index in [1.165, 1.54) is 6.92 Å². The summed E-state index contributed by atoms with van der Waals surface area (Å²) in [7, 11) is -0.810. The summed E-state index contributed by atoms with van der Waals surface area (Å²) in [5.74, 6) is -0.383. The fourth-order valence-corrected chi connectivity index (χ4v) is 0.778. The van der Waals surface area contributed by atoms with Crippen molar-refractivity contribution in [1.82, 2.24) is 0 Å². The molecule has 0 aliphatic rings. The van der Waals surface area contributed by atoms with Crippen molar-refractivity contribution in [3.8, 4) is 0 Å². The molecular formula is C9H19NO6S. The third-order valence-electron chi connectivity index (χ3n) is 1.53. The molecule has 0 radical (unpaired) electrons. The number of hydroxylamine groups is 3. The molecule has 0 N–H and O–H groups in total. The molecule has 7 nitrogen and oxygen atoms in total. The summed E-state index contributed by atoms with van der Waals surface area (Å²) in [6, 6.07) is 0. The van der Waals surface area contributed by atoms with E-state index in [0.29, 0.717) is 0 Å². The Hall–Kier alpha value is -0.960. The Morgan fingerprint density at radius 2 is 1.88 bits per heavy atom. The van der Waals surface area contributed by atoms with Crippen LogP contribution in [0.4, 0.5) is 0 Å². The number of hydrogen-bond donors (Lipinski definition) is 0. The number of rotatable bonds is 5. The first-order valence-corrected chi connectivity index (χ1v) is 6.20. The topological polar surface area (TPSA) is 92.7 Å². The van der Waals surface area contributed by atoms with Crippen LogP contribution in [0.3, 0.4) is 0 Å². The number of hydrogen-bond acceptors (Lipinski definition) is 6. The van der Waals surface area contributed by atoms with E-state index < -0.39 is 10.4 Å². The Morgan fingerprint density at radius 3 is 2.06 bits per heavy atom. The predicted octanol–water partition coefficient (Wildman–Crippen LogP) is 0.210. The van der Waals surface area contributed by atoms with Gasteiger partial charge in [0.05, 0.1) is 6.61 Å². The van der Waals surface area contributed by atoms with E-state index >= 15 is 0 Å². The molecule has 0 rings (SSSR count). The molecule has 0 aliphatic carbocycles. The Labute approximate surface area is 102 Å². The minimum Gasteiger partial charge on any atom is -0.726 e. The van der Waals surface area contributed by atoms with Gasteiger partial charge in [-0.3, -0.25) is 9.02 Å². The van der Waals surface area contributed by atoms with Gasteiger partial charge in [-0.2, -0.15) is 0 Å². The van der Waals surface area contributed by atoms with Crippen molar-refractivity contribution in [2.24, 2.45) is 0 Å². The zero-order valence-electron chi connectivity index (χ0n) is 10.5. The van der Waals surface area contributed by atoms with Crippen LogP contribution in [0, 0.1) is 0 Å². The third-order valence-corrected chi connectivity index (χ3v) is 2.05. The molecule has 0 spiro atoms. The summed E-state index contributed by atoms with van der Waals surface area (Å²) < 4.78 is 32.2. The number of carbonyl (C=O) groups is 1. The van der Waals surface area contributed by atoms with Crippen LogP contribution in [0.25, 0.3) is 0 Å². The average Bonchev–Trinajstić information content (AvgIpc) is 2.16. The summed E-state index contributed by atoms with van der Waals surface area (Å²) in [5, 5.41) is 0. The SMILES string of the molecule is C=CC(=O)O[N+](C)(C)CC.CCOS(=O)(=O)[O-]. The third kappa shape index (κ3) is 15.0. The van der Waals surface area contributed by atoms with Crippen molar-refractivity contribution >= 4 is 16.4 Å². The van der Waals surface area contributed by atoms with Crippen LogP contribution in [-0.2, 0) is 24.2 Å². The van der Waals surface area contributed by atoms with Crippen LogP contribution in [0.1, 0.15) is 13.8 Å². The van der Waals surface area contributed by atoms with E-state index in [0.717, 1.165) is 12.6 Å². The van der Waals surface area contributed by atoms with Crippen LogP contribution >= 0.6 is 0 Å². The minimum absolute atomic E-state index is 0.0914. The lowest BCUT2D eigenvalue weighted by Crippen LogP contribution is -2.40. The van der Waals surface area contributed by atoms with Crippen molar-refractivity contribution < 1.29 is 31.4 Å². The van der Waals surface area contributed by atoms with E-state index in [9.17, 15) is 17.8 Å². The average molecular weight is 269 g/mol. The zero-order chi connectivity index (χ0) is 14.1. The molecule has 0 saturated carbocycles. The van der Waals surface area contributed by atoms with E-state index in [4.69, 9.17) is 4.84 Å². The Bertz CT molecular complexity index is 335. The fourth-order valence-electron chi connectivity index (χ4n) is 0.490. The van der Waals surface area contributed by atoms with Crippen LogP contribution in [0.2, 0.25) is 0 Å². The van der Waals surface area contributed by atoms with E-state index in [-0.39, 0.29) is 17.2 Å². The monoisotopic (exact) mass is 269 g/mol. The maximum atomic E-state index is 10.6. The molecule has 0 aromatic rings. The number of carbonyl (C=O) groups excluding carboxylic acids is 1. The fraction of sp³-hybridized carbons (Fsp3) is 0.667. The number of nitrogens with zero attached hydrogens (tertiary/aromatic N) is 1. The lowest BCUT2D eigenvalue weighted by molar-refractivity contribution is -1.06. The van der Waals surface area contributed by atoms with E-state index in [1.807, 2.05) is 6.92 Å². The second-order valence-corrected chi connectivity index (χ2v) is 4.37. The van der Waals surface area contributed by atoms with Crippen molar-refractivity contribution in [2.45, 2.75) is 13.8 Å². The van der Waals surface area contributed by atoms with Crippen LogP contribution in [-0.4, -0.2) is 50.8 Å². The van der Waals surface area contributed by atoms with Crippen LogP contribution < -0.4 is 0 Å². The van der Waals surface area contributed by atoms with Gasteiger partial charge < -0.3 is 4.55 Å². The molecule has 0 aromatic heterocycles. The van der Waals surface area contributed by atoms with Crippen LogP contribution in [0.15, 0.2) is 12.7 Å². The highest BCUT2D eigenvalue weighted by Gasteiger charge is 2.16. The van der Waals surface area contributed by atoms with Gasteiger partial charge in [-0.25, -0.2) is 13.2 Å². The molecule has 0 bridgehead atoms. The van der Waals surface area contributed by atoms with Crippen molar-refractivity contribution in [2.75, 3.05) is 27.2 Å². The van der Waals surface area contributed by atoms with Gasteiger partial charge >= 0.3 is 5.97 Å². The maximum Gasteiger partial charge on any atom is 0.389 e. The van der Waals surface area contributed by atoms with Gasteiger partial charge in [0.1, 0.15) is 20.6 Å². The van der Waals surface area contributed by atoms with Crippen molar-refractivity contribution in [3.05, 3.63) is 12.7 Å². The highest BCUT2D eigenvalue weighted by atomic mass is 32.3. The lowest BCUT2D eigenvalue weighted by atomic mass is 10.6. The Kier molecular flexibility index (Phi) is 8.85. The highest BCUT2D eigenvalue weighted by molar-refractivity contribution is 7.80. The molecule has 0 aliphatic heterocycles. The van der Waals surface area contributed by atoms with E-state index in [2.05, 4.69) is 10.8 Å². The summed E-state index contributed by atoms with van der Waals surface area (Å²) in [4.78, 5) is 15.5. The van der Waals surface area contributed by atoms with Gasteiger partial charge in [-0.15, -0.1) is 4.65 Å². The molecular weight excluding hydrogens is 250 g/mol. The van der Waals surface area contributed by atoms with Crippen molar-refractivity contribution in [3.63, 3.8) is 0 Å². The molecule has 0 unspecified atom stereocenters. The smallest absolute Gasteiger partial charge is 0.389 e. The normalized spacial score (nSPS) is 11.1. The van der Waals surface area contributed by atoms with Gasteiger partial charge in [-0.1, -0.05) is 6.58 Å². The van der Waals surface area contributed by atoms with Gasteiger partial charge in [0.2, 0.25) is 10.4 Å². The van der Waals surface area contributed by atoms with Crippen molar-refractivity contribution in [1.29, 1.82) is 0 Å². The quantitative estimate of drug-likeness (QED) is 0.233. The highest BCUT2D eigenvalue weighted by Crippen LogP contribution is 1.97. The first kappa shape index (κ1) is 18.4. The second kappa shape index (κ2) is 8.18. The molecule has 0 amide bonds. The van der Waals surface area contributed by atoms with Gasteiger partial charge in [-0.05, 0) is 13.8 Å². The zero-order valence-corrected chi connectivity index (χ0v) is 11.3. The molecule has 17 heavy (non-hydrogen) atoms. The first-order valence-electron chi connectivity index (χ1n) is 4.87. The summed E-state index contributed by atoms with van der Waals surface area (Å²) in [6.07, 6.45) is 1.16. The molecule has 102 valence electrons. The van der Waals surface area contributed by atoms with Crippen LogP contribution in [0.5, 0.6) is 0 Å². The molecule has 0 aromatic carbocycles. The lowest BCUT2D eigenvalue weighted by Gasteiger charge is -2.23. The largest absolute Gasteiger partial charge is 0.726 e. The second-order valence-electron chi connectivity index (χ2n) is 3.32. The van der Waals surface area contributed by atoms with Gasteiger partial charge in [0.25, 0.3) is 0 Å². The summed E-state index contributed by atoms with van der Waals surface area (Å²) in [6.45, 7) is 7.32. The first-order chi connectivity index (χ1) is 7.58. The summed E-state index contributed by atoms with van der Waals surface area (Å²) in [5.41, 5.74) is 0. The molecule has 0 fully saturated rings. The maximum absolute atomic E-state index is 10.6. The summed E-state index contributed by atoms with van der Waals surface area (Å²) >= 11 is 0. The van der Waals surface area contributed by atoms with Gasteiger partial charge in [0.15, 0.2) is 0 Å². The molecule has 8 heteroatoms.